The van der Waals surface area contributed by atoms with Gasteiger partial charge in [-0.1, -0.05) is 70.6 Å². The lowest BCUT2D eigenvalue weighted by molar-refractivity contribution is 0.181. The van der Waals surface area contributed by atoms with Crippen LogP contribution in [0.2, 0.25) is 0 Å². The highest BCUT2D eigenvalue weighted by Crippen LogP contribution is 2.15. The third-order valence-corrected chi connectivity index (χ3v) is 6.14. The van der Waals surface area contributed by atoms with Crippen molar-refractivity contribution in [1.29, 1.82) is 0 Å². The Hall–Kier alpha value is -1.10. The van der Waals surface area contributed by atoms with Gasteiger partial charge in [0.2, 0.25) is 0 Å². The molecule has 10 heteroatoms. The third kappa shape index (κ3) is 28.9. The van der Waals surface area contributed by atoms with Crippen molar-refractivity contribution in [2.24, 2.45) is 11.8 Å². The van der Waals surface area contributed by atoms with E-state index in [1.807, 2.05) is 27.7 Å². The fourth-order valence-corrected chi connectivity index (χ4v) is 3.58. The highest BCUT2D eigenvalue weighted by molar-refractivity contribution is 7.86. The summed E-state index contributed by atoms with van der Waals surface area (Å²) in [6, 6.07) is 0. The molecule has 0 bridgehead atoms. The molecule has 0 fully saturated rings. The maximum atomic E-state index is 10.8. The van der Waals surface area contributed by atoms with Crippen LogP contribution in [0.3, 0.4) is 0 Å². The highest BCUT2D eigenvalue weighted by Gasteiger charge is 2.25. The molecule has 0 rings (SSSR count). The van der Waals surface area contributed by atoms with Crippen LogP contribution >= 0.6 is 0 Å². The van der Waals surface area contributed by atoms with E-state index in [2.05, 4.69) is 18.5 Å². The van der Waals surface area contributed by atoms with Gasteiger partial charge in [-0.2, -0.15) is 16.8 Å². The zero-order valence-electron chi connectivity index (χ0n) is 18.6. The van der Waals surface area contributed by atoms with Crippen LogP contribution in [0.15, 0.2) is 24.6 Å². The summed E-state index contributed by atoms with van der Waals surface area (Å²) < 4.78 is 64.6. The summed E-state index contributed by atoms with van der Waals surface area (Å²) in [5, 5.41) is 3.03. The molecule has 8 nitrogen and oxygen atoms in total. The smallest absolute Gasteiger partial charge is 0.267 e. The van der Waals surface area contributed by atoms with E-state index >= 15 is 0 Å². The molecule has 0 saturated carbocycles. The van der Waals surface area contributed by atoms with Gasteiger partial charge in [-0.05, 0) is 39.0 Å². The van der Waals surface area contributed by atoms with Crippen LogP contribution in [0, 0.1) is 11.8 Å². The number of hydrogen-bond acceptors (Lipinski definition) is 6. The van der Waals surface area contributed by atoms with E-state index in [0.29, 0.717) is 5.76 Å². The zero-order valence-corrected chi connectivity index (χ0v) is 20.2. The first-order chi connectivity index (χ1) is 12.9. The van der Waals surface area contributed by atoms with Crippen LogP contribution in [-0.4, -0.2) is 49.6 Å². The van der Waals surface area contributed by atoms with E-state index in [1.54, 1.807) is 13.8 Å². The molecule has 2 unspecified atom stereocenters. The molecule has 0 radical (unpaired) electrons. The van der Waals surface area contributed by atoms with Crippen molar-refractivity contribution >= 4 is 20.2 Å². The van der Waals surface area contributed by atoms with Gasteiger partial charge in [0.1, 0.15) is 0 Å². The molecule has 0 aromatic rings. The monoisotopic (exact) mass is 521 g/mol. The summed E-state index contributed by atoms with van der Waals surface area (Å²) in [6.45, 7) is 19.4. The van der Waals surface area contributed by atoms with Crippen molar-refractivity contribution in [3.8, 4) is 0 Å². The first-order valence-electron chi connectivity index (χ1n) is 9.63. The Balaban J connectivity index is -0.0000000987. The lowest BCUT2D eigenvalue weighted by Crippen LogP contribution is -2.45. The van der Waals surface area contributed by atoms with Crippen LogP contribution in [0.25, 0.3) is 0 Å². The molecule has 0 aliphatic rings. The Morgan fingerprint density at radius 3 is 1.67 bits per heavy atom. The Kier molecular flexibility index (Phi) is 27.9. The van der Waals surface area contributed by atoms with Crippen molar-refractivity contribution in [1.82, 2.24) is 5.32 Å². The molecule has 3 N–H and O–H groups in total. The van der Waals surface area contributed by atoms with Gasteiger partial charge >= 0.3 is 0 Å². The van der Waals surface area contributed by atoms with Crippen molar-refractivity contribution in [3.63, 3.8) is 0 Å². The summed E-state index contributed by atoms with van der Waals surface area (Å²) in [7, 11) is -7.82. The molecule has 0 saturated heterocycles. The van der Waals surface area contributed by atoms with Crippen molar-refractivity contribution in [3.05, 3.63) is 24.6 Å². The highest BCUT2D eigenvalue weighted by atomic mass is 32.2. The second-order valence-electron chi connectivity index (χ2n) is 7.83. The van der Waals surface area contributed by atoms with Crippen molar-refractivity contribution < 1.29 is 30.7 Å². The summed E-state index contributed by atoms with van der Waals surface area (Å²) in [5.41, 5.74) is 0.0971. The summed E-state index contributed by atoms with van der Waals surface area (Å²) in [6.07, 6.45) is 2.17. The normalized spacial score (nSPS) is 12.5. The average molecular weight is 522 g/mol. The maximum Gasteiger partial charge on any atom is 0.267 e. The number of hydrogen-bond donors (Lipinski definition) is 3. The first kappa shape index (κ1) is 45.4. The fraction of sp³-hybridized carbons (Fsp3) is 0.826. The predicted molar refractivity (Wildman–Crippen MR) is 145 cm³/mol. The molecular formula is C23H55NO7S2. The quantitative estimate of drug-likeness (QED) is 0.149. The Morgan fingerprint density at radius 1 is 0.909 bits per heavy atom. The molecular weight excluding hydrogens is 466 g/mol. The lowest BCUT2D eigenvalue weighted by atomic mass is 10.0. The molecule has 0 spiro atoms. The van der Waals surface area contributed by atoms with E-state index in [4.69, 9.17) is 13.8 Å². The van der Waals surface area contributed by atoms with Gasteiger partial charge in [-0.3, -0.25) is 9.11 Å². The van der Waals surface area contributed by atoms with Crippen LogP contribution < -0.4 is 5.32 Å². The van der Waals surface area contributed by atoms with Crippen LogP contribution in [-0.2, 0) is 25.0 Å². The second kappa shape index (κ2) is 20.3. The van der Waals surface area contributed by atoms with E-state index in [0.717, 1.165) is 18.5 Å². The first-order valence-corrected chi connectivity index (χ1v) is 12.8. The van der Waals surface area contributed by atoms with Gasteiger partial charge in [-0.25, -0.2) is 0 Å². The molecule has 0 heterocycles. The van der Waals surface area contributed by atoms with E-state index in [-0.39, 0.29) is 66.1 Å². The van der Waals surface area contributed by atoms with Gasteiger partial charge in [0, 0.05) is 17.2 Å². The maximum absolute atomic E-state index is 10.8. The van der Waals surface area contributed by atoms with Gasteiger partial charge in [0.15, 0.2) is 0 Å². The summed E-state index contributed by atoms with van der Waals surface area (Å²) in [5.74, 6) is 0.644. The number of nitrogens with one attached hydrogen (secondary N) is 1. The summed E-state index contributed by atoms with van der Waals surface area (Å²) >= 11 is 0. The van der Waals surface area contributed by atoms with Gasteiger partial charge in [-0.15, -0.1) is 0 Å². The zero-order chi connectivity index (χ0) is 23.5. The van der Waals surface area contributed by atoms with Gasteiger partial charge < -0.3 is 10.1 Å². The van der Waals surface area contributed by atoms with E-state index in [1.165, 1.54) is 0 Å². The number of allylic oxidation sites excluding steroid dienone is 2. The number of rotatable bonds is 13. The van der Waals surface area contributed by atoms with Gasteiger partial charge in [0.05, 0.1) is 23.9 Å². The minimum Gasteiger partial charge on any atom is -0.498 e. The van der Waals surface area contributed by atoms with Crippen LogP contribution in [0.1, 0.15) is 90.5 Å². The third-order valence-electron chi connectivity index (χ3n) is 4.25. The van der Waals surface area contributed by atoms with E-state index < -0.39 is 25.8 Å². The topological polar surface area (TPSA) is 130 Å². The van der Waals surface area contributed by atoms with Crippen LogP contribution in [0.4, 0.5) is 0 Å². The molecule has 0 aromatic carbocycles. The van der Waals surface area contributed by atoms with Crippen LogP contribution in [0.5, 0.6) is 0 Å². The van der Waals surface area contributed by atoms with Crippen molar-refractivity contribution in [2.75, 3.05) is 18.1 Å². The minimum absolute atomic E-state index is 0. The summed E-state index contributed by atoms with van der Waals surface area (Å²) in [4.78, 5) is 0. The second-order valence-corrected chi connectivity index (χ2v) is 10.9. The molecule has 0 amide bonds. The molecule has 0 aliphatic carbocycles. The molecule has 0 aliphatic heterocycles. The average Bonchev–Trinajstić information content (AvgIpc) is 2.53. The Bertz CT molecular complexity index is 715. The Labute approximate surface area is 206 Å². The van der Waals surface area contributed by atoms with Gasteiger partial charge in [0.25, 0.3) is 20.2 Å². The molecule has 0 aromatic heterocycles. The fourth-order valence-electron chi connectivity index (χ4n) is 2.11. The SMILES string of the molecule is C.C.C.C.C=C(NC(C)(C)CS(=O)(=O)O)C(C)CC.C=C(OCCCS(=O)(=O)O)C(C)CC. The molecule has 206 valence electrons. The van der Waals surface area contributed by atoms with Crippen molar-refractivity contribution in [2.45, 2.75) is 96.1 Å². The molecule has 2 atom stereocenters. The Morgan fingerprint density at radius 2 is 1.33 bits per heavy atom. The lowest BCUT2D eigenvalue weighted by Gasteiger charge is -2.29. The number of ether oxygens (including phenoxy) is 1. The largest absolute Gasteiger partial charge is 0.498 e. The molecule has 33 heavy (non-hydrogen) atoms. The minimum atomic E-state index is -3.96. The standard InChI is InChI=1S/C10H21NO3S.C9H18O4S.4CH4/c1-6-8(2)9(3)11-10(4,5)7-15(12,13)14;1-4-8(2)9(3)13-6-5-7-14(10,11)12;;;;/h8,11H,3,6-7H2,1-2,4-5H3,(H,12,13,14);8H,3-7H2,1-2H3,(H,10,11,12);4*1H4. The van der Waals surface area contributed by atoms with E-state index in [9.17, 15) is 16.8 Å². The predicted octanol–water partition coefficient (Wildman–Crippen LogP) is 6.19.